The Morgan fingerprint density at radius 2 is 2.04 bits per heavy atom. The Bertz CT molecular complexity index is 1000. The van der Waals surface area contributed by atoms with E-state index in [0.29, 0.717) is 29.1 Å². The fourth-order valence-corrected chi connectivity index (χ4v) is 4.23. The van der Waals surface area contributed by atoms with Gasteiger partial charge >= 0.3 is 6.09 Å². The lowest BCUT2D eigenvalue weighted by atomic mass is 10.1. The van der Waals surface area contributed by atoms with Gasteiger partial charge in [-0.2, -0.15) is 0 Å². The van der Waals surface area contributed by atoms with E-state index < -0.39 is 6.09 Å². The average Bonchev–Trinajstić information content (AvgIpc) is 3.17. The summed E-state index contributed by atoms with van der Waals surface area (Å²) in [6.45, 7) is 2.56. The van der Waals surface area contributed by atoms with Crippen LogP contribution in [0.2, 0.25) is 5.15 Å². The first-order chi connectivity index (χ1) is 12.4. The van der Waals surface area contributed by atoms with Gasteiger partial charge in [0.25, 0.3) is 0 Å². The van der Waals surface area contributed by atoms with Crippen LogP contribution in [0.1, 0.15) is 25.2 Å². The van der Waals surface area contributed by atoms with Crippen molar-refractivity contribution in [2.45, 2.75) is 19.4 Å². The van der Waals surface area contributed by atoms with Crippen molar-refractivity contribution < 1.29 is 9.90 Å². The van der Waals surface area contributed by atoms with Gasteiger partial charge < -0.3 is 10.1 Å². The highest BCUT2D eigenvalue weighted by atomic mass is 79.9. The zero-order valence-corrected chi connectivity index (χ0v) is 16.4. The average molecular weight is 435 g/mol. The summed E-state index contributed by atoms with van der Waals surface area (Å²) in [5.74, 6) is 0.898. The van der Waals surface area contributed by atoms with E-state index in [2.05, 4.69) is 32.0 Å². The number of hydrogen-bond acceptors (Lipinski definition) is 2. The van der Waals surface area contributed by atoms with E-state index in [4.69, 9.17) is 11.6 Å². The number of rotatable bonds is 2. The van der Waals surface area contributed by atoms with Gasteiger partial charge in [0.1, 0.15) is 16.7 Å². The molecule has 0 bridgehead atoms. The summed E-state index contributed by atoms with van der Waals surface area (Å²) in [5, 5.41) is 12.1. The van der Waals surface area contributed by atoms with E-state index in [0.717, 1.165) is 27.2 Å². The Morgan fingerprint density at radius 3 is 2.81 bits per heavy atom. The summed E-state index contributed by atoms with van der Waals surface area (Å²) >= 11 is 9.89. The van der Waals surface area contributed by atoms with E-state index in [9.17, 15) is 9.90 Å². The third-order valence-electron chi connectivity index (χ3n) is 4.83. The smallest absolute Gasteiger partial charge is 0.407 e. The van der Waals surface area contributed by atoms with Crippen LogP contribution in [0.4, 0.5) is 4.79 Å². The van der Waals surface area contributed by atoms with Crippen molar-refractivity contribution in [2.24, 2.45) is 5.92 Å². The summed E-state index contributed by atoms with van der Waals surface area (Å²) in [6, 6.07) is 11.9. The lowest BCUT2D eigenvalue weighted by Gasteiger charge is -2.19. The van der Waals surface area contributed by atoms with Crippen LogP contribution in [0.25, 0.3) is 22.0 Å². The van der Waals surface area contributed by atoms with Crippen molar-refractivity contribution in [3.8, 4) is 11.3 Å². The molecule has 1 amide bonds. The fourth-order valence-electron chi connectivity index (χ4n) is 3.60. The SMILES string of the molecule is C[C@H]1C[C@@H](c2nc(-c3ccc4cc(Br)ccc4c3)c(Cl)[nH]2)N(C(=O)O)C1. The largest absolute Gasteiger partial charge is 0.465 e. The summed E-state index contributed by atoms with van der Waals surface area (Å²) in [7, 11) is 0. The van der Waals surface area contributed by atoms with Gasteiger partial charge in [0.05, 0.1) is 6.04 Å². The van der Waals surface area contributed by atoms with E-state index in [1.807, 2.05) is 37.3 Å². The zero-order chi connectivity index (χ0) is 18.4. The molecule has 26 heavy (non-hydrogen) atoms. The first kappa shape index (κ1) is 17.4. The number of aromatic nitrogens is 2. The molecule has 0 unspecified atom stereocenters. The van der Waals surface area contributed by atoms with Gasteiger partial charge in [-0.25, -0.2) is 9.78 Å². The minimum Gasteiger partial charge on any atom is -0.465 e. The lowest BCUT2D eigenvalue weighted by Crippen LogP contribution is -2.29. The van der Waals surface area contributed by atoms with E-state index in [1.165, 1.54) is 4.90 Å². The minimum atomic E-state index is -0.926. The third-order valence-corrected chi connectivity index (χ3v) is 5.59. The van der Waals surface area contributed by atoms with E-state index in [1.54, 1.807) is 0 Å². The van der Waals surface area contributed by atoms with Crippen LogP contribution in [0.5, 0.6) is 0 Å². The highest BCUT2D eigenvalue weighted by Crippen LogP contribution is 2.37. The highest BCUT2D eigenvalue weighted by molar-refractivity contribution is 9.10. The molecular weight excluding hydrogens is 418 g/mol. The van der Waals surface area contributed by atoms with Gasteiger partial charge in [0, 0.05) is 16.6 Å². The molecule has 2 N–H and O–H groups in total. The van der Waals surface area contributed by atoms with Crippen LogP contribution >= 0.6 is 27.5 Å². The number of nitrogens with one attached hydrogen (secondary N) is 1. The van der Waals surface area contributed by atoms with Crippen molar-refractivity contribution in [3.63, 3.8) is 0 Å². The number of halogens is 2. The predicted octanol–water partition coefficient (Wildman–Crippen LogP) is 5.71. The summed E-state index contributed by atoms with van der Waals surface area (Å²) in [4.78, 5) is 20.7. The van der Waals surface area contributed by atoms with Crippen molar-refractivity contribution in [3.05, 3.63) is 51.8 Å². The number of imidazole rings is 1. The molecule has 0 saturated carbocycles. The third kappa shape index (κ3) is 3.08. The van der Waals surface area contributed by atoms with Crippen molar-refractivity contribution in [1.29, 1.82) is 0 Å². The van der Waals surface area contributed by atoms with Crippen LogP contribution in [0.15, 0.2) is 40.9 Å². The maximum Gasteiger partial charge on any atom is 0.407 e. The summed E-state index contributed by atoms with van der Waals surface area (Å²) < 4.78 is 1.03. The molecule has 2 atom stereocenters. The molecule has 0 radical (unpaired) electrons. The molecule has 3 aromatic rings. The molecule has 7 heteroatoms. The topological polar surface area (TPSA) is 69.2 Å². The van der Waals surface area contributed by atoms with Crippen LogP contribution < -0.4 is 0 Å². The van der Waals surface area contributed by atoms with Crippen molar-refractivity contribution in [2.75, 3.05) is 6.54 Å². The predicted molar refractivity (Wildman–Crippen MR) is 105 cm³/mol. The number of aromatic amines is 1. The van der Waals surface area contributed by atoms with Gasteiger partial charge in [-0.15, -0.1) is 0 Å². The first-order valence-electron chi connectivity index (χ1n) is 8.37. The normalized spacial score (nSPS) is 20.0. The van der Waals surface area contributed by atoms with Crippen LogP contribution in [-0.2, 0) is 0 Å². The summed E-state index contributed by atoms with van der Waals surface area (Å²) in [5.41, 5.74) is 1.55. The maximum atomic E-state index is 11.5. The molecule has 1 aliphatic heterocycles. The first-order valence-corrected chi connectivity index (χ1v) is 9.54. The molecule has 2 heterocycles. The monoisotopic (exact) mass is 433 g/mol. The minimum absolute atomic E-state index is 0.287. The number of nitrogens with zero attached hydrogens (tertiary/aromatic N) is 2. The van der Waals surface area contributed by atoms with Crippen LogP contribution in [0.3, 0.4) is 0 Å². The second-order valence-corrected chi connectivity index (χ2v) is 8.08. The number of benzene rings is 2. The molecule has 4 rings (SSSR count). The Labute approximate surface area is 164 Å². The molecule has 1 aliphatic rings. The second kappa shape index (κ2) is 6.59. The Balaban J connectivity index is 1.73. The van der Waals surface area contributed by atoms with Gasteiger partial charge in [-0.3, -0.25) is 4.90 Å². The Hall–Kier alpha value is -2.05. The molecule has 1 saturated heterocycles. The number of likely N-dealkylation sites (tertiary alicyclic amines) is 1. The zero-order valence-electron chi connectivity index (χ0n) is 14.0. The van der Waals surface area contributed by atoms with Gasteiger partial charge in [-0.05, 0) is 41.3 Å². The van der Waals surface area contributed by atoms with Gasteiger partial charge in [-0.1, -0.05) is 52.7 Å². The highest BCUT2D eigenvalue weighted by Gasteiger charge is 2.36. The molecule has 0 aliphatic carbocycles. The number of amides is 1. The fraction of sp³-hybridized carbons (Fsp3) is 0.263. The lowest BCUT2D eigenvalue weighted by molar-refractivity contribution is 0.138. The Kier molecular flexibility index (Phi) is 4.40. The van der Waals surface area contributed by atoms with Crippen LogP contribution in [-0.4, -0.2) is 32.6 Å². The summed E-state index contributed by atoms with van der Waals surface area (Å²) in [6.07, 6.45) is -0.189. The molecule has 0 spiro atoms. The Morgan fingerprint density at radius 1 is 1.31 bits per heavy atom. The standard InChI is InChI=1S/C19H17BrClN3O2/c1-10-6-15(24(9-10)19(25)26)18-22-16(17(21)23-18)13-3-2-12-8-14(20)5-4-11(12)7-13/h2-5,7-8,10,15H,6,9H2,1H3,(H,22,23)(H,25,26)/t10-,15-/m0/s1. The number of carbonyl (C=O) groups is 1. The molecule has 134 valence electrons. The maximum absolute atomic E-state index is 11.5. The van der Waals surface area contributed by atoms with Gasteiger partial charge in [0.2, 0.25) is 0 Å². The molecule has 2 aromatic carbocycles. The van der Waals surface area contributed by atoms with Gasteiger partial charge in [0.15, 0.2) is 0 Å². The molecular formula is C19H17BrClN3O2. The van der Waals surface area contributed by atoms with E-state index >= 15 is 0 Å². The number of hydrogen-bond donors (Lipinski definition) is 2. The van der Waals surface area contributed by atoms with Crippen molar-refractivity contribution in [1.82, 2.24) is 14.9 Å². The van der Waals surface area contributed by atoms with E-state index in [-0.39, 0.29) is 6.04 Å². The quantitative estimate of drug-likeness (QED) is 0.543. The second-order valence-electron chi connectivity index (χ2n) is 6.78. The molecule has 5 nitrogen and oxygen atoms in total. The number of H-pyrrole nitrogens is 1. The number of fused-ring (bicyclic) bond motifs is 1. The van der Waals surface area contributed by atoms with Crippen molar-refractivity contribution >= 4 is 44.4 Å². The molecule has 1 fully saturated rings. The number of carboxylic acid groups (broad SMARTS) is 1. The molecule has 1 aromatic heterocycles. The van der Waals surface area contributed by atoms with Crippen LogP contribution in [0, 0.1) is 5.92 Å².